The number of methoxy groups -OCH3 is 1. The van der Waals surface area contributed by atoms with Crippen LogP contribution >= 0.6 is 0 Å². The highest BCUT2D eigenvalue weighted by atomic mass is 19.1. The molecule has 0 radical (unpaired) electrons. The van der Waals surface area contributed by atoms with Crippen LogP contribution in [0.25, 0.3) is 17.2 Å². The minimum absolute atomic E-state index is 0.244. The lowest BCUT2D eigenvalue weighted by Gasteiger charge is -2.27. The van der Waals surface area contributed by atoms with Crippen LogP contribution in [0.5, 0.6) is 0 Å². The van der Waals surface area contributed by atoms with Gasteiger partial charge in [0.1, 0.15) is 34.8 Å². The topological polar surface area (TPSA) is 96.7 Å². The summed E-state index contributed by atoms with van der Waals surface area (Å²) in [6.45, 7) is 2.56. The number of anilines is 2. The van der Waals surface area contributed by atoms with E-state index < -0.39 is 0 Å². The highest BCUT2D eigenvalue weighted by Crippen LogP contribution is 2.29. The van der Waals surface area contributed by atoms with Crippen molar-refractivity contribution in [3.8, 4) is 11.5 Å². The molecule has 10 heteroatoms. The smallest absolute Gasteiger partial charge is 0.328 e. The predicted octanol–water partition coefficient (Wildman–Crippen LogP) is 2.24. The van der Waals surface area contributed by atoms with E-state index in [1.54, 1.807) is 16.7 Å². The summed E-state index contributed by atoms with van der Waals surface area (Å²) in [6.07, 6.45) is 6.72. The number of nitrogens with one attached hydrogen (secondary N) is 2. The number of nitrogens with zero attached hydrogens (tertiary/aromatic N) is 5. The van der Waals surface area contributed by atoms with Crippen molar-refractivity contribution in [1.29, 1.82) is 0 Å². The van der Waals surface area contributed by atoms with Crippen molar-refractivity contribution in [2.24, 2.45) is 0 Å². The lowest BCUT2D eigenvalue weighted by atomic mass is 10.1. The van der Waals surface area contributed by atoms with E-state index in [9.17, 15) is 9.18 Å². The molecular formula is C22H26FN7O2. The van der Waals surface area contributed by atoms with Gasteiger partial charge in [0.2, 0.25) is 0 Å². The normalized spacial score (nSPS) is 21.1. The molecule has 5 heterocycles. The zero-order valence-corrected chi connectivity index (χ0v) is 17.9. The van der Waals surface area contributed by atoms with Crippen LogP contribution in [0.15, 0.2) is 30.6 Å². The maximum Gasteiger partial charge on any atom is 0.328 e. The van der Waals surface area contributed by atoms with E-state index in [1.165, 1.54) is 19.4 Å². The first-order valence-corrected chi connectivity index (χ1v) is 11.0. The Morgan fingerprint density at radius 1 is 1.28 bits per heavy atom. The third-order valence-corrected chi connectivity index (χ3v) is 6.08. The van der Waals surface area contributed by atoms with Crippen LogP contribution < -0.4 is 15.5 Å². The first-order chi connectivity index (χ1) is 15.6. The molecule has 0 aliphatic carbocycles. The quantitative estimate of drug-likeness (QED) is 0.585. The first kappa shape index (κ1) is 20.6. The van der Waals surface area contributed by atoms with E-state index in [2.05, 4.69) is 15.6 Å². The molecule has 0 saturated carbocycles. The largest absolute Gasteiger partial charge is 0.467 e. The minimum Gasteiger partial charge on any atom is -0.467 e. The molecule has 2 atom stereocenters. The summed E-state index contributed by atoms with van der Waals surface area (Å²) in [5.41, 5.74) is 1.19. The number of carbonyl (C=O) groups is 1. The van der Waals surface area contributed by atoms with E-state index in [-0.39, 0.29) is 23.9 Å². The molecule has 2 aliphatic rings. The van der Waals surface area contributed by atoms with E-state index >= 15 is 0 Å². The number of ether oxygens (including phenoxy) is 1. The van der Waals surface area contributed by atoms with Crippen LogP contribution in [0.2, 0.25) is 0 Å². The number of rotatable bonds is 5. The maximum atomic E-state index is 13.9. The summed E-state index contributed by atoms with van der Waals surface area (Å²) in [4.78, 5) is 28.2. The van der Waals surface area contributed by atoms with Crippen molar-refractivity contribution in [2.45, 2.75) is 37.8 Å². The zero-order chi connectivity index (χ0) is 22.1. The van der Waals surface area contributed by atoms with Gasteiger partial charge in [0.05, 0.1) is 13.3 Å². The standard InChI is InChI=1S/C22H26FN7O2/c1-32-22(31)16-5-3-9-29(16)20-10-18(26-15-4-2-8-24-11-15)27-21(28-20)17-12-25-19-7-6-14(23)13-30(17)19/h6-7,10,12-13,15-16,24H,2-5,8-9,11H2,1H3,(H,26,27,28)/t15-,16?/m1/s1. The number of hydrogen-bond donors (Lipinski definition) is 2. The Hall–Kier alpha value is -3.27. The van der Waals surface area contributed by atoms with Crippen molar-refractivity contribution >= 4 is 23.3 Å². The second kappa shape index (κ2) is 8.70. The maximum absolute atomic E-state index is 13.9. The molecule has 0 bridgehead atoms. The highest BCUT2D eigenvalue weighted by molar-refractivity contribution is 5.80. The fourth-order valence-corrected chi connectivity index (χ4v) is 4.50. The Balaban J connectivity index is 1.57. The number of carbonyl (C=O) groups excluding carboxylic acids is 1. The van der Waals surface area contributed by atoms with Crippen molar-refractivity contribution in [2.75, 3.05) is 37.0 Å². The summed E-state index contributed by atoms with van der Waals surface area (Å²) in [6, 6.07) is 4.73. The van der Waals surface area contributed by atoms with Crippen LogP contribution in [-0.2, 0) is 9.53 Å². The Kier molecular flexibility index (Phi) is 5.60. The number of pyridine rings is 1. The van der Waals surface area contributed by atoms with Crippen LogP contribution in [-0.4, -0.2) is 64.1 Å². The molecule has 2 fully saturated rings. The van der Waals surface area contributed by atoms with Gasteiger partial charge >= 0.3 is 5.97 Å². The molecule has 1 unspecified atom stereocenters. The molecule has 0 spiro atoms. The minimum atomic E-state index is -0.383. The molecule has 0 aromatic carbocycles. The van der Waals surface area contributed by atoms with E-state index in [1.807, 2.05) is 11.0 Å². The molecule has 32 heavy (non-hydrogen) atoms. The molecular weight excluding hydrogens is 413 g/mol. The van der Waals surface area contributed by atoms with Gasteiger partial charge in [0.15, 0.2) is 5.82 Å². The number of halogens is 1. The molecule has 168 valence electrons. The van der Waals surface area contributed by atoms with E-state index in [4.69, 9.17) is 14.7 Å². The second-order valence-electron chi connectivity index (χ2n) is 8.22. The number of fused-ring (bicyclic) bond motifs is 1. The molecule has 9 nitrogen and oxygen atoms in total. The molecule has 2 N–H and O–H groups in total. The average molecular weight is 439 g/mol. The van der Waals surface area contributed by atoms with Gasteiger partial charge in [-0.05, 0) is 44.4 Å². The number of piperidine rings is 1. The van der Waals surface area contributed by atoms with Crippen molar-refractivity contribution in [3.63, 3.8) is 0 Å². The average Bonchev–Trinajstić information content (AvgIpc) is 3.46. The SMILES string of the molecule is COC(=O)C1CCCN1c1cc(N[C@@H]2CCCNC2)nc(-c2cnc3ccc(F)cn23)n1. The third-order valence-electron chi connectivity index (χ3n) is 6.08. The first-order valence-electron chi connectivity index (χ1n) is 11.0. The molecule has 3 aromatic heterocycles. The zero-order valence-electron chi connectivity index (χ0n) is 17.9. The van der Waals surface area contributed by atoms with Crippen molar-refractivity contribution < 1.29 is 13.9 Å². The van der Waals surface area contributed by atoms with Crippen molar-refractivity contribution in [3.05, 3.63) is 36.4 Å². The van der Waals surface area contributed by atoms with Gasteiger partial charge in [0, 0.05) is 31.4 Å². The molecule has 5 rings (SSSR count). The number of esters is 1. The van der Waals surface area contributed by atoms with E-state index in [0.717, 1.165) is 32.4 Å². The molecule has 3 aromatic rings. The molecule has 2 saturated heterocycles. The van der Waals surface area contributed by atoms with Gasteiger partial charge < -0.3 is 20.3 Å². The van der Waals surface area contributed by atoms with Gasteiger partial charge in [-0.25, -0.2) is 24.1 Å². The fraction of sp³-hybridized carbons (Fsp3) is 0.455. The third kappa shape index (κ3) is 3.97. The Morgan fingerprint density at radius 3 is 3.00 bits per heavy atom. The summed E-state index contributed by atoms with van der Waals surface area (Å²) in [5, 5.41) is 6.90. The Labute approximate surface area is 185 Å². The van der Waals surface area contributed by atoms with Crippen LogP contribution in [0.4, 0.5) is 16.0 Å². The summed E-state index contributed by atoms with van der Waals surface area (Å²) in [5.74, 6) is 1.08. The number of hydrogen-bond acceptors (Lipinski definition) is 8. The lowest BCUT2D eigenvalue weighted by molar-refractivity contribution is -0.141. The predicted molar refractivity (Wildman–Crippen MR) is 118 cm³/mol. The van der Waals surface area contributed by atoms with E-state index in [0.29, 0.717) is 41.8 Å². The molecule has 0 amide bonds. The highest BCUT2D eigenvalue weighted by Gasteiger charge is 2.33. The second-order valence-corrected chi connectivity index (χ2v) is 8.22. The van der Waals surface area contributed by atoms with Crippen molar-refractivity contribution in [1.82, 2.24) is 24.7 Å². The summed E-state index contributed by atoms with van der Waals surface area (Å²) >= 11 is 0. The molecule has 2 aliphatic heterocycles. The van der Waals surface area contributed by atoms with Gasteiger partial charge in [0.25, 0.3) is 0 Å². The number of aromatic nitrogens is 4. The number of imidazole rings is 1. The lowest BCUT2D eigenvalue weighted by Crippen LogP contribution is -2.39. The van der Waals surface area contributed by atoms with Gasteiger partial charge in [-0.1, -0.05) is 0 Å². The fourth-order valence-electron chi connectivity index (χ4n) is 4.50. The van der Waals surface area contributed by atoms with Gasteiger partial charge in [-0.2, -0.15) is 0 Å². The van der Waals surface area contributed by atoms with Gasteiger partial charge in [-0.15, -0.1) is 0 Å². The van der Waals surface area contributed by atoms with Crippen LogP contribution in [0.3, 0.4) is 0 Å². The van der Waals surface area contributed by atoms with Crippen LogP contribution in [0, 0.1) is 5.82 Å². The monoisotopic (exact) mass is 439 g/mol. The Morgan fingerprint density at radius 2 is 2.19 bits per heavy atom. The Bertz CT molecular complexity index is 1130. The van der Waals surface area contributed by atoms with Crippen LogP contribution in [0.1, 0.15) is 25.7 Å². The summed E-state index contributed by atoms with van der Waals surface area (Å²) < 4.78 is 20.6. The summed E-state index contributed by atoms with van der Waals surface area (Å²) in [7, 11) is 1.40. The van der Waals surface area contributed by atoms with Gasteiger partial charge in [-0.3, -0.25) is 4.40 Å².